The van der Waals surface area contributed by atoms with Gasteiger partial charge in [-0.15, -0.1) is 0 Å². The van der Waals surface area contributed by atoms with Crippen LogP contribution < -0.4 is 15.4 Å². The highest BCUT2D eigenvalue weighted by molar-refractivity contribution is 5.88. The highest BCUT2D eigenvalue weighted by atomic mass is 16.5. The maximum atomic E-state index is 11.9. The number of morpholine rings is 1. The Kier molecular flexibility index (Phi) is 6.80. The lowest BCUT2D eigenvalue weighted by Crippen LogP contribution is -2.38. The molecule has 7 nitrogen and oxygen atoms in total. The second kappa shape index (κ2) is 9.74. The SMILES string of the molecule is O=C(NCc1cccc(OCCN2CCOCC2)c1)Nc1cccnc1. The van der Waals surface area contributed by atoms with E-state index >= 15 is 0 Å². The number of carbonyl (C=O) groups is 1. The van der Waals surface area contributed by atoms with Gasteiger partial charge in [0.1, 0.15) is 12.4 Å². The van der Waals surface area contributed by atoms with Crippen LogP contribution in [0.2, 0.25) is 0 Å². The molecule has 1 fully saturated rings. The summed E-state index contributed by atoms with van der Waals surface area (Å²) in [5.74, 6) is 0.810. The van der Waals surface area contributed by atoms with E-state index in [2.05, 4.69) is 20.5 Å². The lowest BCUT2D eigenvalue weighted by Gasteiger charge is -2.26. The van der Waals surface area contributed by atoms with Crippen molar-refractivity contribution < 1.29 is 14.3 Å². The Bertz CT molecular complexity index is 690. The van der Waals surface area contributed by atoms with Crippen LogP contribution in [-0.4, -0.2) is 55.4 Å². The summed E-state index contributed by atoms with van der Waals surface area (Å²) in [6.07, 6.45) is 3.26. The number of aromatic nitrogens is 1. The highest BCUT2D eigenvalue weighted by Crippen LogP contribution is 2.13. The van der Waals surface area contributed by atoms with Gasteiger partial charge in [0.2, 0.25) is 0 Å². The van der Waals surface area contributed by atoms with Crippen LogP contribution in [0.1, 0.15) is 5.56 Å². The molecular formula is C19H24N4O3. The van der Waals surface area contributed by atoms with E-state index in [4.69, 9.17) is 9.47 Å². The molecule has 138 valence electrons. The van der Waals surface area contributed by atoms with Crippen LogP contribution in [-0.2, 0) is 11.3 Å². The van der Waals surface area contributed by atoms with Gasteiger partial charge in [-0.3, -0.25) is 9.88 Å². The molecule has 0 bridgehead atoms. The molecule has 2 aromatic rings. The molecule has 2 amide bonds. The van der Waals surface area contributed by atoms with Gasteiger partial charge in [0.05, 0.1) is 25.1 Å². The van der Waals surface area contributed by atoms with E-state index in [0.29, 0.717) is 18.8 Å². The molecule has 1 aromatic heterocycles. The van der Waals surface area contributed by atoms with E-state index in [-0.39, 0.29) is 6.03 Å². The highest BCUT2D eigenvalue weighted by Gasteiger charge is 2.09. The molecule has 1 saturated heterocycles. The molecular weight excluding hydrogens is 332 g/mol. The van der Waals surface area contributed by atoms with Gasteiger partial charge in [-0.25, -0.2) is 4.79 Å². The number of carbonyl (C=O) groups excluding carboxylic acids is 1. The van der Waals surface area contributed by atoms with Gasteiger partial charge in [-0.1, -0.05) is 12.1 Å². The number of benzene rings is 1. The van der Waals surface area contributed by atoms with Crippen molar-refractivity contribution in [3.63, 3.8) is 0 Å². The molecule has 0 atom stereocenters. The van der Waals surface area contributed by atoms with Crippen LogP contribution in [0.3, 0.4) is 0 Å². The van der Waals surface area contributed by atoms with E-state index in [1.807, 2.05) is 24.3 Å². The van der Waals surface area contributed by atoms with Gasteiger partial charge >= 0.3 is 6.03 Å². The lowest BCUT2D eigenvalue weighted by atomic mass is 10.2. The number of ether oxygens (including phenoxy) is 2. The average molecular weight is 356 g/mol. The van der Waals surface area contributed by atoms with Crippen molar-refractivity contribution in [3.05, 3.63) is 54.4 Å². The number of nitrogens with zero attached hydrogens (tertiary/aromatic N) is 2. The van der Waals surface area contributed by atoms with Crippen LogP contribution >= 0.6 is 0 Å². The standard InChI is InChI=1S/C19H24N4O3/c24-19(22-17-4-2-6-20-15-17)21-14-16-3-1-5-18(13-16)26-12-9-23-7-10-25-11-8-23/h1-6,13,15H,7-12,14H2,(H2,21,22,24). The zero-order valence-corrected chi connectivity index (χ0v) is 14.7. The van der Waals surface area contributed by atoms with E-state index in [1.54, 1.807) is 24.5 Å². The first-order valence-corrected chi connectivity index (χ1v) is 8.76. The Balaban J connectivity index is 1.41. The summed E-state index contributed by atoms with van der Waals surface area (Å²) in [5.41, 5.74) is 1.64. The predicted octanol–water partition coefficient (Wildman–Crippen LogP) is 2.11. The van der Waals surface area contributed by atoms with Gasteiger partial charge in [0.15, 0.2) is 0 Å². The number of hydrogen-bond acceptors (Lipinski definition) is 5. The molecule has 0 aliphatic carbocycles. The first kappa shape index (κ1) is 18.2. The molecule has 0 saturated carbocycles. The number of hydrogen-bond donors (Lipinski definition) is 2. The summed E-state index contributed by atoms with van der Waals surface area (Å²) in [6.45, 7) is 5.45. The summed E-state index contributed by atoms with van der Waals surface area (Å²) < 4.78 is 11.2. The Morgan fingerprint density at radius 3 is 2.92 bits per heavy atom. The molecule has 2 N–H and O–H groups in total. The fourth-order valence-electron chi connectivity index (χ4n) is 2.66. The molecule has 2 heterocycles. The molecule has 26 heavy (non-hydrogen) atoms. The van der Waals surface area contributed by atoms with E-state index in [9.17, 15) is 4.79 Å². The van der Waals surface area contributed by atoms with Crippen molar-refractivity contribution >= 4 is 11.7 Å². The number of anilines is 1. The van der Waals surface area contributed by atoms with Crippen LogP contribution in [0.25, 0.3) is 0 Å². The summed E-state index contributed by atoms with van der Waals surface area (Å²) >= 11 is 0. The molecule has 0 unspecified atom stereocenters. The first-order valence-electron chi connectivity index (χ1n) is 8.76. The maximum Gasteiger partial charge on any atom is 0.319 e. The van der Waals surface area contributed by atoms with Gasteiger partial charge in [0, 0.05) is 32.4 Å². The van der Waals surface area contributed by atoms with Crippen LogP contribution in [0.4, 0.5) is 10.5 Å². The zero-order valence-electron chi connectivity index (χ0n) is 14.7. The van der Waals surface area contributed by atoms with Crippen LogP contribution in [0, 0.1) is 0 Å². The molecule has 0 spiro atoms. The quantitative estimate of drug-likeness (QED) is 0.795. The third-order valence-corrected chi connectivity index (χ3v) is 4.05. The largest absolute Gasteiger partial charge is 0.492 e. The third kappa shape index (κ3) is 6.02. The Hall–Kier alpha value is -2.64. The van der Waals surface area contributed by atoms with E-state index in [1.165, 1.54) is 0 Å². The minimum Gasteiger partial charge on any atom is -0.492 e. The molecule has 7 heteroatoms. The monoisotopic (exact) mass is 356 g/mol. The summed E-state index contributed by atoms with van der Waals surface area (Å²) in [4.78, 5) is 18.2. The van der Waals surface area contributed by atoms with Crippen molar-refractivity contribution in [2.45, 2.75) is 6.54 Å². The van der Waals surface area contributed by atoms with E-state index in [0.717, 1.165) is 44.2 Å². The van der Waals surface area contributed by atoms with Crippen LogP contribution in [0.15, 0.2) is 48.8 Å². The normalized spacial score (nSPS) is 14.6. The fraction of sp³-hybridized carbons (Fsp3) is 0.368. The predicted molar refractivity (Wildman–Crippen MR) is 99.3 cm³/mol. The van der Waals surface area contributed by atoms with Crippen molar-refractivity contribution in [2.24, 2.45) is 0 Å². The first-order chi connectivity index (χ1) is 12.8. The summed E-state index contributed by atoms with van der Waals surface area (Å²) in [5, 5.41) is 5.56. The number of nitrogens with one attached hydrogen (secondary N) is 2. The third-order valence-electron chi connectivity index (χ3n) is 4.05. The molecule has 1 aromatic carbocycles. The topological polar surface area (TPSA) is 75.7 Å². The molecule has 1 aliphatic rings. The summed E-state index contributed by atoms with van der Waals surface area (Å²) in [6, 6.07) is 11.1. The van der Waals surface area contributed by atoms with Crippen molar-refractivity contribution in [1.29, 1.82) is 0 Å². The lowest BCUT2D eigenvalue weighted by molar-refractivity contribution is 0.0322. The van der Waals surface area contributed by atoms with E-state index < -0.39 is 0 Å². The van der Waals surface area contributed by atoms with Crippen molar-refractivity contribution in [1.82, 2.24) is 15.2 Å². The summed E-state index contributed by atoms with van der Waals surface area (Å²) in [7, 11) is 0. The number of pyridine rings is 1. The Morgan fingerprint density at radius 2 is 2.12 bits per heavy atom. The maximum absolute atomic E-state index is 11.9. The molecule has 0 radical (unpaired) electrons. The fourth-order valence-corrected chi connectivity index (χ4v) is 2.66. The zero-order chi connectivity index (χ0) is 18.0. The van der Waals surface area contributed by atoms with Crippen LogP contribution in [0.5, 0.6) is 5.75 Å². The van der Waals surface area contributed by atoms with Crippen molar-refractivity contribution in [3.8, 4) is 5.75 Å². The minimum atomic E-state index is -0.267. The Morgan fingerprint density at radius 1 is 1.23 bits per heavy atom. The molecule has 3 rings (SSSR count). The Labute approximate surface area is 153 Å². The van der Waals surface area contributed by atoms with Crippen molar-refractivity contribution in [2.75, 3.05) is 44.8 Å². The molecule has 1 aliphatic heterocycles. The van der Waals surface area contributed by atoms with Gasteiger partial charge in [-0.2, -0.15) is 0 Å². The smallest absolute Gasteiger partial charge is 0.319 e. The van der Waals surface area contributed by atoms with Gasteiger partial charge in [-0.05, 0) is 29.8 Å². The minimum absolute atomic E-state index is 0.267. The second-order valence-corrected chi connectivity index (χ2v) is 6.00. The van der Waals surface area contributed by atoms with Gasteiger partial charge in [0.25, 0.3) is 0 Å². The number of amides is 2. The average Bonchev–Trinajstić information content (AvgIpc) is 2.68. The van der Waals surface area contributed by atoms with Gasteiger partial charge < -0.3 is 20.1 Å². The number of rotatable bonds is 7. The second-order valence-electron chi connectivity index (χ2n) is 6.00. The number of urea groups is 1.